The Labute approximate surface area is 96.7 Å². The summed E-state index contributed by atoms with van der Waals surface area (Å²) in [5.41, 5.74) is 1.84. The van der Waals surface area contributed by atoms with Gasteiger partial charge in [0.15, 0.2) is 0 Å². The highest BCUT2D eigenvalue weighted by atomic mass is 16.3. The van der Waals surface area contributed by atoms with E-state index in [9.17, 15) is 0 Å². The smallest absolute Gasteiger partial charge is 0.0991 e. The van der Waals surface area contributed by atoms with Crippen molar-refractivity contribution < 1.29 is 5.11 Å². The molecule has 2 atom stereocenters. The Hall–Kier alpha value is -1.37. The average Bonchev–Trinajstić information content (AvgIpc) is 2.29. The fourth-order valence-corrected chi connectivity index (χ4v) is 1.65. The summed E-state index contributed by atoms with van der Waals surface area (Å²) in [5, 5.41) is 20.9. The molecule has 3 heteroatoms. The summed E-state index contributed by atoms with van der Waals surface area (Å²) in [6.45, 7) is 4.33. The standard InChI is InChI=1S/C13H18N2O/c1-10(7-8-16)15-11(2)13-5-3-12(9-14)4-6-13/h3-6,10-11,15-16H,7-8H2,1-2H3/t10-,11?/m1/s1. The van der Waals surface area contributed by atoms with Crippen LogP contribution in [0.4, 0.5) is 0 Å². The first-order valence-corrected chi connectivity index (χ1v) is 5.54. The Kier molecular flexibility index (Phi) is 4.97. The maximum Gasteiger partial charge on any atom is 0.0991 e. The van der Waals surface area contributed by atoms with Crippen molar-refractivity contribution in [3.63, 3.8) is 0 Å². The number of nitrogens with zero attached hydrogens (tertiary/aromatic N) is 1. The second-order valence-electron chi connectivity index (χ2n) is 4.04. The minimum Gasteiger partial charge on any atom is -0.396 e. The van der Waals surface area contributed by atoms with E-state index in [0.717, 1.165) is 12.0 Å². The topological polar surface area (TPSA) is 56.0 Å². The summed E-state index contributed by atoms with van der Waals surface area (Å²) in [5.74, 6) is 0. The first kappa shape index (κ1) is 12.7. The van der Waals surface area contributed by atoms with E-state index in [0.29, 0.717) is 5.56 Å². The van der Waals surface area contributed by atoms with Crippen LogP contribution in [0.25, 0.3) is 0 Å². The molecule has 0 fully saturated rings. The monoisotopic (exact) mass is 218 g/mol. The molecular weight excluding hydrogens is 200 g/mol. The van der Waals surface area contributed by atoms with Crippen LogP contribution in [0.2, 0.25) is 0 Å². The molecule has 1 aromatic carbocycles. The van der Waals surface area contributed by atoms with Crippen molar-refractivity contribution in [2.45, 2.75) is 32.4 Å². The predicted molar refractivity (Wildman–Crippen MR) is 63.9 cm³/mol. The van der Waals surface area contributed by atoms with Crippen molar-refractivity contribution in [2.24, 2.45) is 0 Å². The van der Waals surface area contributed by atoms with Crippen molar-refractivity contribution in [1.82, 2.24) is 5.32 Å². The Morgan fingerprint density at radius 1 is 1.31 bits per heavy atom. The number of benzene rings is 1. The maximum atomic E-state index is 8.81. The van der Waals surface area contributed by atoms with E-state index in [1.165, 1.54) is 0 Å². The molecule has 0 spiro atoms. The summed E-state index contributed by atoms with van der Waals surface area (Å²) in [6.07, 6.45) is 0.751. The molecule has 0 aliphatic heterocycles. The first-order valence-electron chi connectivity index (χ1n) is 5.54. The number of hydrogen-bond donors (Lipinski definition) is 2. The van der Waals surface area contributed by atoms with Crippen molar-refractivity contribution in [1.29, 1.82) is 5.26 Å². The van der Waals surface area contributed by atoms with Crippen molar-refractivity contribution in [3.05, 3.63) is 35.4 Å². The van der Waals surface area contributed by atoms with Gasteiger partial charge in [-0.25, -0.2) is 0 Å². The maximum absolute atomic E-state index is 8.81. The summed E-state index contributed by atoms with van der Waals surface area (Å²) in [4.78, 5) is 0. The zero-order chi connectivity index (χ0) is 12.0. The molecule has 0 bridgehead atoms. The number of nitriles is 1. The van der Waals surface area contributed by atoms with Gasteiger partial charge >= 0.3 is 0 Å². The van der Waals surface area contributed by atoms with E-state index in [2.05, 4.69) is 25.2 Å². The van der Waals surface area contributed by atoms with E-state index in [-0.39, 0.29) is 18.7 Å². The Bertz CT molecular complexity index is 353. The lowest BCUT2D eigenvalue weighted by Crippen LogP contribution is -2.29. The molecule has 2 N–H and O–H groups in total. The largest absolute Gasteiger partial charge is 0.396 e. The van der Waals surface area contributed by atoms with Gasteiger partial charge in [-0.05, 0) is 38.0 Å². The fourth-order valence-electron chi connectivity index (χ4n) is 1.65. The van der Waals surface area contributed by atoms with Gasteiger partial charge in [0, 0.05) is 18.7 Å². The van der Waals surface area contributed by atoms with Crippen LogP contribution in [0, 0.1) is 11.3 Å². The average molecular weight is 218 g/mol. The third-order valence-corrected chi connectivity index (χ3v) is 2.64. The molecule has 0 saturated carbocycles. The SMILES string of the molecule is CC(N[C@H](C)CCO)c1ccc(C#N)cc1. The minimum absolute atomic E-state index is 0.203. The van der Waals surface area contributed by atoms with Gasteiger partial charge in [0.25, 0.3) is 0 Å². The van der Waals surface area contributed by atoms with Crippen LogP contribution in [-0.2, 0) is 0 Å². The van der Waals surface area contributed by atoms with Crippen LogP contribution in [0.3, 0.4) is 0 Å². The summed E-state index contributed by atoms with van der Waals surface area (Å²) >= 11 is 0. The molecular formula is C13H18N2O. The van der Waals surface area contributed by atoms with Gasteiger partial charge in [0.2, 0.25) is 0 Å². The summed E-state index contributed by atoms with van der Waals surface area (Å²) < 4.78 is 0. The van der Waals surface area contributed by atoms with Gasteiger partial charge in [-0.15, -0.1) is 0 Å². The molecule has 0 heterocycles. The van der Waals surface area contributed by atoms with Gasteiger partial charge in [0.05, 0.1) is 11.6 Å². The van der Waals surface area contributed by atoms with Gasteiger partial charge in [0.1, 0.15) is 0 Å². The van der Waals surface area contributed by atoms with E-state index >= 15 is 0 Å². The van der Waals surface area contributed by atoms with Crippen LogP contribution in [0.5, 0.6) is 0 Å². The van der Waals surface area contributed by atoms with E-state index in [1.54, 1.807) is 0 Å². The van der Waals surface area contributed by atoms with Gasteiger partial charge in [-0.1, -0.05) is 12.1 Å². The minimum atomic E-state index is 0.203. The van der Waals surface area contributed by atoms with Crippen molar-refractivity contribution in [3.8, 4) is 6.07 Å². The molecule has 1 rings (SSSR count). The molecule has 1 unspecified atom stereocenters. The second kappa shape index (κ2) is 6.26. The highest BCUT2D eigenvalue weighted by Crippen LogP contribution is 2.14. The number of hydrogen-bond acceptors (Lipinski definition) is 3. The Morgan fingerprint density at radius 2 is 1.94 bits per heavy atom. The lowest BCUT2D eigenvalue weighted by atomic mass is 10.1. The third-order valence-electron chi connectivity index (χ3n) is 2.64. The first-order chi connectivity index (χ1) is 7.67. The highest BCUT2D eigenvalue weighted by Gasteiger charge is 2.08. The van der Waals surface area contributed by atoms with E-state index in [4.69, 9.17) is 10.4 Å². The summed E-state index contributed by atoms with van der Waals surface area (Å²) in [6, 6.07) is 10.2. The van der Waals surface area contributed by atoms with E-state index < -0.39 is 0 Å². The third kappa shape index (κ3) is 3.65. The van der Waals surface area contributed by atoms with Gasteiger partial charge in [-0.3, -0.25) is 0 Å². The zero-order valence-corrected chi connectivity index (χ0v) is 9.77. The molecule has 0 aromatic heterocycles. The van der Waals surface area contributed by atoms with Crippen molar-refractivity contribution >= 4 is 0 Å². The van der Waals surface area contributed by atoms with Crippen molar-refractivity contribution in [2.75, 3.05) is 6.61 Å². The molecule has 16 heavy (non-hydrogen) atoms. The fraction of sp³-hybridized carbons (Fsp3) is 0.462. The molecule has 86 valence electrons. The normalized spacial score (nSPS) is 14.1. The number of aliphatic hydroxyl groups excluding tert-OH is 1. The van der Waals surface area contributed by atoms with Crippen LogP contribution in [0.1, 0.15) is 37.4 Å². The molecule has 3 nitrogen and oxygen atoms in total. The second-order valence-corrected chi connectivity index (χ2v) is 4.04. The summed E-state index contributed by atoms with van der Waals surface area (Å²) in [7, 11) is 0. The molecule has 0 aliphatic carbocycles. The lowest BCUT2D eigenvalue weighted by Gasteiger charge is -2.19. The van der Waals surface area contributed by atoms with Crippen LogP contribution >= 0.6 is 0 Å². The number of rotatable bonds is 5. The van der Waals surface area contributed by atoms with Crippen LogP contribution in [-0.4, -0.2) is 17.8 Å². The highest BCUT2D eigenvalue weighted by molar-refractivity contribution is 5.32. The molecule has 0 saturated heterocycles. The van der Waals surface area contributed by atoms with Crippen LogP contribution in [0.15, 0.2) is 24.3 Å². The number of nitrogens with one attached hydrogen (secondary N) is 1. The molecule has 0 aliphatic rings. The molecule has 1 aromatic rings. The van der Waals surface area contributed by atoms with E-state index in [1.807, 2.05) is 24.3 Å². The van der Waals surface area contributed by atoms with Gasteiger partial charge < -0.3 is 10.4 Å². The predicted octanol–water partition coefficient (Wildman–Crippen LogP) is 1.98. The Balaban J connectivity index is 2.59. The van der Waals surface area contributed by atoms with Gasteiger partial charge in [-0.2, -0.15) is 5.26 Å². The van der Waals surface area contributed by atoms with Crippen LogP contribution < -0.4 is 5.32 Å². The molecule has 0 radical (unpaired) electrons. The quantitative estimate of drug-likeness (QED) is 0.794. The number of aliphatic hydroxyl groups is 1. The molecule has 0 amide bonds. The lowest BCUT2D eigenvalue weighted by molar-refractivity contribution is 0.264. The Morgan fingerprint density at radius 3 is 2.44 bits per heavy atom. The zero-order valence-electron chi connectivity index (χ0n) is 9.77.